The highest BCUT2D eigenvalue weighted by molar-refractivity contribution is 5.86. The van der Waals surface area contributed by atoms with Gasteiger partial charge in [-0.2, -0.15) is 0 Å². The molecule has 0 atom stereocenters. The largest absolute Gasteiger partial charge is 0.497 e. The summed E-state index contributed by atoms with van der Waals surface area (Å²) in [6.45, 7) is 5.85. The van der Waals surface area contributed by atoms with Crippen molar-refractivity contribution in [3.05, 3.63) is 65.9 Å². The Hall–Kier alpha value is -3.32. The SMILES string of the molecule is COCCCN(CC(=O)N(CCc1c[nH]c2ccccc12)Cc1ccc(OC)cc1)C(=O)C(C)C. The predicted octanol–water partition coefficient (Wildman–Crippen LogP) is 4.27. The van der Waals surface area contributed by atoms with E-state index in [0.29, 0.717) is 39.1 Å². The molecule has 0 spiro atoms. The molecule has 2 aromatic carbocycles. The first-order chi connectivity index (χ1) is 16.9. The van der Waals surface area contributed by atoms with Crippen molar-refractivity contribution in [1.29, 1.82) is 0 Å². The monoisotopic (exact) mass is 479 g/mol. The molecule has 7 heteroatoms. The van der Waals surface area contributed by atoms with Gasteiger partial charge in [-0.05, 0) is 42.2 Å². The predicted molar refractivity (Wildman–Crippen MR) is 138 cm³/mol. The Bertz CT molecular complexity index is 1090. The third-order valence-corrected chi connectivity index (χ3v) is 6.12. The third-order valence-electron chi connectivity index (χ3n) is 6.12. The van der Waals surface area contributed by atoms with E-state index >= 15 is 0 Å². The Labute approximate surface area is 208 Å². The lowest BCUT2D eigenvalue weighted by Gasteiger charge is -2.29. The summed E-state index contributed by atoms with van der Waals surface area (Å²) >= 11 is 0. The summed E-state index contributed by atoms with van der Waals surface area (Å²) in [5.41, 5.74) is 3.27. The quantitative estimate of drug-likeness (QED) is 0.372. The minimum Gasteiger partial charge on any atom is -0.497 e. The summed E-state index contributed by atoms with van der Waals surface area (Å²) in [7, 11) is 3.27. The second-order valence-corrected chi connectivity index (χ2v) is 9.03. The molecule has 0 aliphatic rings. The van der Waals surface area contributed by atoms with Crippen LogP contribution in [0.1, 0.15) is 31.4 Å². The maximum atomic E-state index is 13.5. The van der Waals surface area contributed by atoms with Crippen LogP contribution in [0.4, 0.5) is 0 Å². The first-order valence-electron chi connectivity index (χ1n) is 12.2. The number of aromatic amines is 1. The number of methoxy groups -OCH3 is 2. The van der Waals surface area contributed by atoms with Crippen LogP contribution >= 0.6 is 0 Å². The van der Waals surface area contributed by atoms with E-state index in [1.54, 1.807) is 19.1 Å². The van der Waals surface area contributed by atoms with E-state index in [4.69, 9.17) is 9.47 Å². The lowest BCUT2D eigenvalue weighted by molar-refractivity contribution is -0.142. The molecule has 1 N–H and O–H groups in total. The van der Waals surface area contributed by atoms with E-state index in [2.05, 4.69) is 17.1 Å². The Morgan fingerprint density at radius 1 is 0.971 bits per heavy atom. The Balaban J connectivity index is 1.77. The number of para-hydroxylation sites is 1. The fourth-order valence-electron chi connectivity index (χ4n) is 4.13. The molecule has 0 bridgehead atoms. The van der Waals surface area contributed by atoms with Crippen LogP contribution < -0.4 is 4.74 Å². The lowest BCUT2D eigenvalue weighted by Crippen LogP contribution is -2.45. The molecule has 188 valence electrons. The van der Waals surface area contributed by atoms with Gasteiger partial charge in [0, 0.05) is 56.4 Å². The van der Waals surface area contributed by atoms with Crippen LogP contribution in [0.5, 0.6) is 5.75 Å². The normalized spacial score (nSPS) is 11.1. The van der Waals surface area contributed by atoms with Gasteiger partial charge in [-0.25, -0.2) is 0 Å². The van der Waals surface area contributed by atoms with E-state index in [0.717, 1.165) is 16.8 Å². The van der Waals surface area contributed by atoms with Crippen LogP contribution in [0.15, 0.2) is 54.7 Å². The van der Waals surface area contributed by atoms with Crippen molar-refractivity contribution >= 4 is 22.7 Å². The number of carbonyl (C=O) groups is 2. The minimum absolute atomic E-state index is 0.0181. The molecular weight excluding hydrogens is 442 g/mol. The molecule has 0 unspecified atom stereocenters. The summed E-state index contributed by atoms with van der Waals surface area (Å²) < 4.78 is 10.4. The van der Waals surface area contributed by atoms with Gasteiger partial charge in [0.05, 0.1) is 13.7 Å². The summed E-state index contributed by atoms with van der Waals surface area (Å²) in [6.07, 6.45) is 3.42. The Morgan fingerprint density at radius 3 is 2.40 bits per heavy atom. The Kier molecular flexibility index (Phi) is 9.73. The van der Waals surface area contributed by atoms with E-state index in [-0.39, 0.29) is 24.3 Å². The van der Waals surface area contributed by atoms with Gasteiger partial charge in [0.15, 0.2) is 0 Å². The zero-order chi connectivity index (χ0) is 25.2. The molecule has 0 aliphatic carbocycles. The number of aromatic nitrogens is 1. The zero-order valence-electron chi connectivity index (χ0n) is 21.3. The van der Waals surface area contributed by atoms with Crippen molar-refractivity contribution in [3.8, 4) is 5.75 Å². The number of fused-ring (bicyclic) bond motifs is 1. The molecule has 35 heavy (non-hydrogen) atoms. The topological polar surface area (TPSA) is 74.9 Å². The first-order valence-corrected chi connectivity index (χ1v) is 12.2. The van der Waals surface area contributed by atoms with Gasteiger partial charge in [0.1, 0.15) is 5.75 Å². The van der Waals surface area contributed by atoms with E-state index < -0.39 is 0 Å². The average Bonchev–Trinajstić information content (AvgIpc) is 3.29. The number of hydrogen-bond acceptors (Lipinski definition) is 4. The molecule has 0 fully saturated rings. The number of rotatable bonds is 13. The van der Waals surface area contributed by atoms with Crippen molar-refractivity contribution in [2.75, 3.05) is 40.5 Å². The standard InChI is InChI=1S/C28H37N3O4/c1-21(2)28(33)31(15-7-17-34-3)20-27(32)30(19-22-10-12-24(35-4)13-11-22)16-14-23-18-29-26-9-6-5-8-25(23)26/h5-6,8-13,18,21,29H,7,14-17,19-20H2,1-4H3. The van der Waals surface area contributed by atoms with Gasteiger partial charge in [0.25, 0.3) is 0 Å². The van der Waals surface area contributed by atoms with Gasteiger partial charge in [-0.3, -0.25) is 9.59 Å². The molecule has 7 nitrogen and oxygen atoms in total. The third kappa shape index (κ3) is 7.33. The van der Waals surface area contributed by atoms with Crippen molar-refractivity contribution in [2.24, 2.45) is 5.92 Å². The van der Waals surface area contributed by atoms with Crippen LogP contribution in [0.2, 0.25) is 0 Å². The van der Waals surface area contributed by atoms with Gasteiger partial charge in [-0.1, -0.05) is 44.2 Å². The van der Waals surface area contributed by atoms with Crippen LogP contribution in [0.25, 0.3) is 10.9 Å². The zero-order valence-corrected chi connectivity index (χ0v) is 21.3. The molecule has 1 heterocycles. The van der Waals surface area contributed by atoms with Gasteiger partial charge < -0.3 is 24.3 Å². The smallest absolute Gasteiger partial charge is 0.242 e. The second kappa shape index (κ2) is 13.0. The molecule has 0 saturated heterocycles. The molecule has 3 rings (SSSR count). The van der Waals surface area contributed by atoms with Crippen molar-refractivity contribution in [1.82, 2.24) is 14.8 Å². The van der Waals surface area contributed by atoms with Gasteiger partial charge in [0.2, 0.25) is 11.8 Å². The average molecular weight is 480 g/mol. The molecule has 2 amide bonds. The van der Waals surface area contributed by atoms with Gasteiger partial charge in [-0.15, -0.1) is 0 Å². The summed E-state index contributed by atoms with van der Waals surface area (Å²) in [4.78, 5) is 33.2. The van der Waals surface area contributed by atoms with E-state index in [1.165, 1.54) is 10.9 Å². The summed E-state index contributed by atoms with van der Waals surface area (Å²) in [5, 5.41) is 1.17. The minimum atomic E-state index is -0.174. The number of benzene rings is 2. The van der Waals surface area contributed by atoms with Crippen LogP contribution in [-0.4, -0.2) is 67.1 Å². The van der Waals surface area contributed by atoms with Crippen molar-refractivity contribution in [2.45, 2.75) is 33.2 Å². The highest BCUT2D eigenvalue weighted by Crippen LogP contribution is 2.19. The Morgan fingerprint density at radius 2 is 1.71 bits per heavy atom. The fourth-order valence-corrected chi connectivity index (χ4v) is 4.13. The number of H-pyrrole nitrogens is 1. The summed E-state index contributed by atoms with van der Waals surface area (Å²) in [5.74, 6) is 0.520. The van der Waals surface area contributed by atoms with Crippen molar-refractivity contribution < 1.29 is 19.1 Å². The molecule has 0 saturated carbocycles. The number of nitrogens with one attached hydrogen (secondary N) is 1. The highest BCUT2D eigenvalue weighted by Gasteiger charge is 2.23. The van der Waals surface area contributed by atoms with E-state index in [1.807, 2.05) is 61.3 Å². The van der Waals surface area contributed by atoms with Gasteiger partial charge >= 0.3 is 0 Å². The summed E-state index contributed by atoms with van der Waals surface area (Å²) in [6, 6.07) is 15.9. The number of amides is 2. The maximum Gasteiger partial charge on any atom is 0.242 e. The number of carbonyl (C=O) groups excluding carboxylic acids is 2. The molecule has 3 aromatic rings. The molecule has 0 radical (unpaired) electrons. The highest BCUT2D eigenvalue weighted by atomic mass is 16.5. The lowest BCUT2D eigenvalue weighted by atomic mass is 10.1. The van der Waals surface area contributed by atoms with Crippen LogP contribution in [0.3, 0.4) is 0 Å². The number of nitrogens with zero attached hydrogens (tertiary/aromatic N) is 2. The molecule has 0 aliphatic heterocycles. The number of hydrogen-bond donors (Lipinski definition) is 1. The maximum absolute atomic E-state index is 13.5. The van der Waals surface area contributed by atoms with E-state index in [9.17, 15) is 9.59 Å². The number of ether oxygens (including phenoxy) is 2. The first kappa shape index (κ1) is 26.3. The second-order valence-electron chi connectivity index (χ2n) is 9.03. The van der Waals surface area contributed by atoms with Crippen LogP contribution in [-0.2, 0) is 27.3 Å². The molecular formula is C28H37N3O4. The molecule has 1 aromatic heterocycles. The van der Waals surface area contributed by atoms with Crippen molar-refractivity contribution in [3.63, 3.8) is 0 Å². The fraction of sp³-hybridized carbons (Fsp3) is 0.429. The van der Waals surface area contributed by atoms with Crippen LogP contribution in [0, 0.1) is 5.92 Å².